The quantitative estimate of drug-likeness (QED) is 0.750. The van der Waals surface area contributed by atoms with Crippen LogP contribution in [0.25, 0.3) is 0 Å². The Bertz CT molecular complexity index is 797. The summed E-state index contributed by atoms with van der Waals surface area (Å²) < 4.78 is 11.0. The van der Waals surface area contributed by atoms with Crippen molar-refractivity contribution in [3.63, 3.8) is 0 Å². The molecule has 1 atom stereocenters. The molecule has 1 aliphatic rings. The second kappa shape index (κ2) is 8.50. The first-order valence-electron chi connectivity index (χ1n) is 8.90. The number of amides is 1. The van der Waals surface area contributed by atoms with E-state index in [1.165, 1.54) is 0 Å². The molecule has 27 heavy (non-hydrogen) atoms. The Morgan fingerprint density at radius 2 is 1.96 bits per heavy atom. The summed E-state index contributed by atoms with van der Waals surface area (Å²) in [5.74, 6) is 1.22. The molecule has 1 aromatic carbocycles. The minimum Gasteiger partial charge on any atom is -0.479 e. The van der Waals surface area contributed by atoms with Gasteiger partial charge < -0.3 is 14.2 Å². The van der Waals surface area contributed by atoms with Gasteiger partial charge in [-0.25, -0.2) is 0 Å². The van der Waals surface area contributed by atoms with E-state index in [4.69, 9.17) is 32.5 Å². The van der Waals surface area contributed by atoms with Crippen molar-refractivity contribution in [2.24, 2.45) is 0 Å². The molecule has 8 heteroatoms. The Morgan fingerprint density at radius 1 is 1.26 bits per heavy atom. The molecular formula is C19H23Cl2N3O3. The summed E-state index contributed by atoms with van der Waals surface area (Å²) in [4.78, 5) is 16.8. The first-order valence-corrected chi connectivity index (χ1v) is 9.66. The number of carbonyl (C=O) groups excluding carboxylic acids is 1. The van der Waals surface area contributed by atoms with Crippen molar-refractivity contribution >= 4 is 29.1 Å². The van der Waals surface area contributed by atoms with Crippen LogP contribution in [0.3, 0.4) is 0 Å². The summed E-state index contributed by atoms with van der Waals surface area (Å²) in [6.45, 7) is 9.28. The molecule has 0 bridgehead atoms. The van der Waals surface area contributed by atoms with Crippen molar-refractivity contribution < 1.29 is 14.1 Å². The number of rotatable bonds is 5. The first-order chi connectivity index (χ1) is 12.9. The van der Waals surface area contributed by atoms with E-state index < -0.39 is 6.10 Å². The average molecular weight is 412 g/mol. The number of carbonyl (C=O) groups is 1. The summed E-state index contributed by atoms with van der Waals surface area (Å²) in [7, 11) is 0. The number of nitrogens with zero attached hydrogens (tertiary/aromatic N) is 3. The van der Waals surface area contributed by atoms with Gasteiger partial charge in [0.15, 0.2) is 6.10 Å². The smallest absolute Gasteiger partial charge is 0.263 e. The Hall–Kier alpha value is -1.76. The number of ether oxygens (including phenoxy) is 1. The maximum absolute atomic E-state index is 12.7. The molecule has 6 nitrogen and oxygen atoms in total. The second-order valence-corrected chi connectivity index (χ2v) is 7.50. The van der Waals surface area contributed by atoms with E-state index in [1.54, 1.807) is 25.1 Å². The van der Waals surface area contributed by atoms with Crippen molar-refractivity contribution in [1.82, 2.24) is 15.0 Å². The summed E-state index contributed by atoms with van der Waals surface area (Å²) in [6, 6.07) is 5.13. The molecular weight excluding hydrogens is 389 g/mol. The maximum Gasteiger partial charge on any atom is 0.263 e. The largest absolute Gasteiger partial charge is 0.479 e. The van der Waals surface area contributed by atoms with Crippen molar-refractivity contribution in [2.75, 3.05) is 26.2 Å². The Kier molecular flexibility index (Phi) is 6.29. The second-order valence-electron chi connectivity index (χ2n) is 6.72. The minimum atomic E-state index is -0.630. The van der Waals surface area contributed by atoms with E-state index in [1.807, 2.05) is 18.7 Å². The lowest BCUT2D eigenvalue weighted by Gasteiger charge is -2.35. The monoisotopic (exact) mass is 411 g/mol. The summed E-state index contributed by atoms with van der Waals surface area (Å²) in [5, 5.41) is 4.72. The highest BCUT2D eigenvalue weighted by Gasteiger charge is 2.27. The molecule has 2 heterocycles. The third-order valence-corrected chi connectivity index (χ3v) is 5.62. The molecule has 1 unspecified atom stereocenters. The van der Waals surface area contributed by atoms with Gasteiger partial charge in [-0.2, -0.15) is 0 Å². The Labute approximate surface area is 168 Å². The standard InChI is InChI=1S/C19H23Cl2N3O3/c1-12-15(13(2)27-22-12)11-23-7-9-24(10-8-23)19(25)14(3)26-17-6-4-5-16(20)18(17)21/h4-6,14H,7-11H2,1-3H3. The van der Waals surface area contributed by atoms with E-state index in [2.05, 4.69) is 10.1 Å². The van der Waals surface area contributed by atoms with Gasteiger partial charge in [-0.15, -0.1) is 0 Å². The number of aryl methyl sites for hydroxylation is 2. The molecule has 0 saturated carbocycles. The predicted octanol–water partition coefficient (Wildman–Crippen LogP) is 3.71. The van der Waals surface area contributed by atoms with Crippen LogP contribution in [0.1, 0.15) is 23.9 Å². The topological polar surface area (TPSA) is 58.8 Å². The molecule has 0 radical (unpaired) electrons. The van der Waals surface area contributed by atoms with Gasteiger partial charge in [0.05, 0.1) is 10.7 Å². The predicted molar refractivity (Wildman–Crippen MR) is 104 cm³/mol. The number of hydrogen-bond acceptors (Lipinski definition) is 5. The first kappa shape index (κ1) is 20.0. The molecule has 3 rings (SSSR count). The van der Waals surface area contributed by atoms with Gasteiger partial charge in [0.2, 0.25) is 0 Å². The van der Waals surface area contributed by atoms with Crippen LogP contribution in [-0.4, -0.2) is 53.1 Å². The van der Waals surface area contributed by atoms with Crippen LogP contribution >= 0.6 is 23.2 Å². The highest BCUT2D eigenvalue weighted by Crippen LogP contribution is 2.32. The van der Waals surface area contributed by atoms with Gasteiger partial charge in [0.25, 0.3) is 5.91 Å². The van der Waals surface area contributed by atoms with Crippen molar-refractivity contribution in [1.29, 1.82) is 0 Å². The van der Waals surface area contributed by atoms with Crippen LogP contribution in [0.2, 0.25) is 10.0 Å². The van der Waals surface area contributed by atoms with Gasteiger partial charge in [-0.3, -0.25) is 9.69 Å². The molecule has 1 saturated heterocycles. The zero-order valence-electron chi connectivity index (χ0n) is 15.7. The van der Waals surface area contributed by atoms with Crippen molar-refractivity contribution in [2.45, 2.75) is 33.4 Å². The van der Waals surface area contributed by atoms with Gasteiger partial charge >= 0.3 is 0 Å². The van der Waals surface area contributed by atoms with Gasteiger partial charge in [-0.05, 0) is 32.9 Å². The summed E-state index contributed by atoms with van der Waals surface area (Å²) in [6.07, 6.45) is -0.630. The molecule has 2 aromatic rings. The number of benzene rings is 1. The van der Waals surface area contributed by atoms with Crippen LogP contribution in [0.4, 0.5) is 0 Å². The molecule has 146 valence electrons. The molecule has 0 spiro atoms. The van der Waals surface area contributed by atoms with Gasteiger partial charge in [0.1, 0.15) is 16.5 Å². The van der Waals surface area contributed by atoms with E-state index >= 15 is 0 Å². The van der Waals surface area contributed by atoms with Crippen LogP contribution in [0, 0.1) is 13.8 Å². The molecule has 1 aromatic heterocycles. The lowest BCUT2D eigenvalue weighted by atomic mass is 10.1. The number of piperazine rings is 1. The Morgan fingerprint density at radius 3 is 2.59 bits per heavy atom. The third-order valence-electron chi connectivity index (χ3n) is 4.81. The zero-order chi connectivity index (χ0) is 19.6. The van der Waals surface area contributed by atoms with Gasteiger partial charge in [0, 0.05) is 38.3 Å². The molecule has 0 N–H and O–H groups in total. The fourth-order valence-electron chi connectivity index (χ4n) is 3.15. The molecule has 1 aliphatic heterocycles. The SMILES string of the molecule is Cc1noc(C)c1CN1CCN(C(=O)C(C)Oc2cccc(Cl)c2Cl)CC1. The van der Waals surface area contributed by atoms with E-state index in [-0.39, 0.29) is 5.91 Å². The van der Waals surface area contributed by atoms with E-state index in [9.17, 15) is 4.79 Å². The molecule has 1 amide bonds. The Balaban J connectivity index is 1.54. The fraction of sp³-hybridized carbons (Fsp3) is 0.474. The number of hydrogen-bond donors (Lipinski definition) is 0. The molecule has 0 aliphatic carbocycles. The minimum absolute atomic E-state index is 0.0527. The number of aromatic nitrogens is 1. The third kappa shape index (κ3) is 4.57. The van der Waals surface area contributed by atoms with Crippen molar-refractivity contribution in [3.05, 3.63) is 45.3 Å². The number of halogens is 2. The highest BCUT2D eigenvalue weighted by atomic mass is 35.5. The maximum atomic E-state index is 12.7. The van der Waals surface area contributed by atoms with Crippen LogP contribution in [-0.2, 0) is 11.3 Å². The lowest BCUT2D eigenvalue weighted by Crippen LogP contribution is -2.51. The summed E-state index contributed by atoms with van der Waals surface area (Å²) in [5.41, 5.74) is 2.05. The van der Waals surface area contributed by atoms with Crippen LogP contribution in [0.15, 0.2) is 22.7 Å². The van der Waals surface area contributed by atoms with Crippen molar-refractivity contribution in [3.8, 4) is 5.75 Å². The van der Waals surface area contributed by atoms with E-state index in [0.717, 1.165) is 36.7 Å². The zero-order valence-corrected chi connectivity index (χ0v) is 17.2. The normalized spacial score (nSPS) is 16.4. The molecule has 1 fully saturated rings. The van der Waals surface area contributed by atoms with E-state index in [0.29, 0.717) is 28.9 Å². The fourth-order valence-corrected chi connectivity index (χ4v) is 3.49. The van der Waals surface area contributed by atoms with Crippen LogP contribution in [0.5, 0.6) is 5.75 Å². The average Bonchev–Trinajstić information content (AvgIpc) is 2.97. The van der Waals surface area contributed by atoms with Gasteiger partial charge in [-0.1, -0.05) is 34.4 Å². The summed E-state index contributed by atoms with van der Waals surface area (Å²) >= 11 is 12.1. The highest BCUT2D eigenvalue weighted by molar-refractivity contribution is 6.42. The lowest BCUT2D eigenvalue weighted by molar-refractivity contribution is -0.139. The van der Waals surface area contributed by atoms with Crippen LogP contribution < -0.4 is 4.74 Å².